The zero-order valence-electron chi connectivity index (χ0n) is 67.0. The topological polar surface area (TPSA) is 55.4 Å². The molecule has 0 unspecified atom stereocenters. The molecule has 0 atom stereocenters. The molecule has 6 heteroatoms. The molecule has 0 fully saturated rings. The van der Waals surface area contributed by atoms with Gasteiger partial charge in [0.15, 0.2) is 0 Å². The van der Waals surface area contributed by atoms with Crippen molar-refractivity contribution in [3.8, 4) is 157 Å². The highest BCUT2D eigenvalue weighted by Crippen LogP contribution is 2.46. The molecule has 2 aliphatic rings. The zero-order chi connectivity index (χ0) is 79.4. The second-order valence-electron chi connectivity index (χ2n) is 30.9. The molecule has 118 heavy (non-hydrogen) atoms. The fraction of sp³-hybridized carbons (Fsp3) is 0.143. The van der Waals surface area contributed by atoms with Gasteiger partial charge < -0.3 is 28.4 Å². The van der Waals surface area contributed by atoms with Gasteiger partial charge in [-0.1, -0.05) is 329 Å². The van der Waals surface area contributed by atoms with E-state index in [1.54, 1.807) is 0 Å². The van der Waals surface area contributed by atoms with E-state index in [0.717, 1.165) is 169 Å². The molecule has 16 aromatic carbocycles. The first kappa shape index (κ1) is 76.0. The molecule has 0 saturated carbocycles. The van der Waals surface area contributed by atoms with Gasteiger partial charge in [-0.15, -0.1) is 0 Å². The van der Waals surface area contributed by atoms with Gasteiger partial charge in [0.05, 0.1) is 39.6 Å². The monoisotopic (exact) mass is 1530 g/mol. The van der Waals surface area contributed by atoms with E-state index in [-0.39, 0.29) is 0 Å². The van der Waals surface area contributed by atoms with E-state index in [9.17, 15) is 0 Å². The summed E-state index contributed by atoms with van der Waals surface area (Å²) < 4.78 is 42.4. The molecule has 1 aliphatic heterocycles. The van der Waals surface area contributed by atoms with Crippen LogP contribution >= 0.6 is 0 Å². The van der Waals surface area contributed by atoms with Crippen LogP contribution in [0.3, 0.4) is 0 Å². The first-order valence-corrected chi connectivity index (χ1v) is 41.7. The van der Waals surface area contributed by atoms with Crippen LogP contribution in [0.4, 0.5) is 0 Å². The van der Waals surface area contributed by atoms with Gasteiger partial charge in [0.25, 0.3) is 0 Å². The fourth-order valence-electron chi connectivity index (χ4n) is 16.8. The Hall–Kier alpha value is -13.4. The van der Waals surface area contributed by atoms with Crippen LogP contribution in [0.15, 0.2) is 364 Å². The Labute approximate surface area is 694 Å². The number of benzene rings is 16. The molecular formula is C112H94O6. The maximum atomic E-state index is 7.43. The van der Waals surface area contributed by atoms with E-state index in [2.05, 4.69) is 378 Å². The molecule has 1 heterocycles. The summed E-state index contributed by atoms with van der Waals surface area (Å²) in [6.07, 6.45) is 3.53. The van der Waals surface area contributed by atoms with Crippen LogP contribution in [0.1, 0.15) is 71.2 Å². The lowest BCUT2D eigenvalue weighted by molar-refractivity contribution is 0.0271. The molecule has 0 N–H and O–H groups in total. The molecule has 0 saturated heterocycles. The van der Waals surface area contributed by atoms with Crippen LogP contribution in [-0.4, -0.2) is 52.9 Å². The number of rotatable bonds is 18. The molecule has 18 rings (SSSR count). The first-order valence-electron chi connectivity index (χ1n) is 41.7. The van der Waals surface area contributed by atoms with Gasteiger partial charge in [0.2, 0.25) is 0 Å². The third-order valence-corrected chi connectivity index (χ3v) is 22.9. The van der Waals surface area contributed by atoms with Crippen molar-refractivity contribution in [1.29, 1.82) is 0 Å². The van der Waals surface area contributed by atoms with Crippen molar-refractivity contribution in [3.05, 3.63) is 408 Å². The zero-order valence-corrected chi connectivity index (χ0v) is 67.0. The molecule has 16 aromatic rings. The minimum absolute atomic E-state index is 0.307. The minimum Gasteiger partial charge on any atom is -0.493 e. The van der Waals surface area contributed by atoms with Gasteiger partial charge in [-0.2, -0.15) is 0 Å². The molecule has 0 aromatic heterocycles. The Balaban J connectivity index is 0.838. The Bertz CT molecular complexity index is 5610. The van der Waals surface area contributed by atoms with Crippen molar-refractivity contribution in [2.75, 3.05) is 52.9 Å². The van der Waals surface area contributed by atoms with E-state index in [0.29, 0.717) is 78.5 Å². The van der Waals surface area contributed by atoms with Crippen molar-refractivity contribution < 1.29 is 28.4 Å². The highest BCUT2D eigenvalue weighted by molar-refractivity contribution is 5.82. The van der Waals surface area contributed by atoms with Crippen LogP contribution in [-0.2, 0) is 35.2 Å². The summed E-state index contributed by atoms with van der Waals surface area (Å²) in [6, 6.07) is 133. The predicted octanol–water partition coefficient (Wildman–Crippen LogP) is 27.7. The van der Waals surface area contributed by atoms with E-state index < -0.39 is 0 Å². The largest absolute Gasteiger partial charge is 0.493 e. The third kappa shape index (κ3) is 17.3. The lowest BCUT2D eigenvalue weighted by Crippen LogP contribution is -2.15. The smallest absolute Gasteiger partial charge is 0.126 e. The molecular weight excluding hydrogens is 1440 g/mol. The number of fused-ring (bicyclic) bond motifs is 2. The van der Waals surface area contributed by atoms with Crippen LogP contribution in [0, 0.1) is 0 Å². The molecule has 578 valence electrons. The average Bonchev–Trinajstić information content (AvgIpc) is 0.783. The van der Waals surface area contributed by atoms with E-state index in [1.165, 1.54) is 44.5 Å². The van der Waals surface area contributed by atoms with Crippen molar-refractivity contribution >= 4 is 0 Å². The second kappa shape index (κ2) is 35.8. The highest BCUT2D eigenvalue weighted by Gasteiger charge is 2.27. The average molecular weight is 1540 g/mol. The molecule has 1 aliphatic carbocycles. The first-order chi connectivity index (χ1) is 58.3. The Morgan fingerprint density at radius 1 is 0.186 bits per heavy atom. The number of hydrogen-bond donors (Lipinski definition) is 0. The lowest BCUT2D eigenvalue weighted by Gasteiger charge is -2.25. The Morgan fingerprint density at radius 2 is 0.347 bits per heavy atom. The Morgan fingerprint density at radius 3 is 0.534 bits per heavy atom. The van der Waals surface area contributed by atoms with Gasteiger partial charge in [0.1, 0.15) is 36.2 Å². The molecule has 0 radical (unpaired) electrons. The van der Waals surface area contributed by atoms with Crippen molar-refractivity contribution in [3.63, 3.8) is 0 Å². The fourth-order valence-corrected chi connectivity index (χ4v) is 16.8. The highest BCUT2D eigenvalue weighted by atomic mass is 16.6. The van der Waals surface area contributed by atoms with Crippen LogP contribution in [0.2, 0.25) is 0 Å². The van der Waals surface area contributed by atoms with Gasteiger partial charge in [-0.3, -0.25) is 0 Å². The van der Waals surface area contributed by atoms with E-state index >= 15 is 0 Å². The minimum atomic E-state index is 0.307. The summed E-state index contributed by atoms with van der Waals surface area (Å²) in [6.45, 7) is 7.54. The van der Waals surface area contributed by atoms with E-state index in [4.69, 9.17) is 28.4 Å². The number of ether oxygens (including phenoxy) is 6. The summed E-state index contributed by atoms with van der Waals surface area (Å²) in [4.78, 5) is 0. The summed E-state index contributed by atoms with van der Waals surface area (Å²) >= 11 is 0. The lowest BCUT2D eigenvalue weighted by atomic mass is 9.86. The van der Waals surface area contributed by atoms with Crippen molar-refractivity contribution in [2.24, 2.45) is 0 Å². The van der Waals surface area contributed by atoms with Gasteiger partial charge in [-0.05, 0) is 239 Å². The summed E-state index contributed by atoms with van der Waals surface area (Å²) in [5, 5.41) is 0. The molecule has 0 spiro atoms. The standard InChI is InChI=1S/C112H94O6/c1-3-57-115-109-101-65-97(93-49-41-89(42-50-93)85-33-25-81(26-34-85)77-17-9-5-10-18-77)66-102(109)74-106-70-100(96-55-47-92(48-56-96)88-39-31-84(32-40-88)80-23-15-8-16-24-80)72-108-76-104-68-98(94-51-43-90(44-52-94)86-35-27-82(28-36-86)78-19-11-6-12-20-78)67-103(110(104)116-58-4-2)75-107-71-99(69-105(73-101)111(107)117-63-61-113-59-60-114-62-64-118-112(106)108)95-53-45-91(46-54-95)87-37-29-83(30-38-87)79-21-13-7-14-22-79/h5-56,65-72H,3-4,57-64,73-76H2,1-2H3. The molecule has 0 amide bonds. The number of hydrogen-bond acceptors (Lipinski definition) is 6. The summed E-state index contributed by atoms with van der Waals surface area (Å²) in [5.41, 5.74) is 35.8. The van der Waals surface area contributed by atoms with Gasteiger partial charge in [-0.25, -0.2) is 0 Å². The summed E-state index contributed by atoms with van der Waals surface area (Å²) in [5.74, 6) is 3.35. The Kier molecular flexibility index (Phi) is 23.0. The van der Waals surface area contributed by atoms with Crippen molar-refractivity contribution in [1.82, 2.24) is 0 Å². The van der Waals surface area contributed by atoms with E-state index in [1.807, 2.05) is 0 Å². The van der Waals surface area contributed by atoms with Crippen LogP contribution in [0.5, 0.6) is 23.0 Å². The second-order valence-corrected chi connectivity index (χ2v) is 30.9. The van der Waals surface area contributed by atoms with Gasteiger partial charge in [0, 0.05) is 25.7 Å². The quantitative estimate of drug-likeness (QED) is 0.0853. The van der Waals surface area contributed by atoms with Crippen LogP contribution in [0.25, 0.3) is 134 Å². The molecule has 10 bridgehead atoms. The molecule has 6 nitrogen and oxygen atoms in total. The van der Waals surface area contributed by atoms with Crippen LogP contribution < -0.4 is 18.9 Å². The maximum Gasteiger partial charge on any atom is 0.126 e. The third-order valence-electron chi connectivity index (χ3n) is 22.9. The normalized spacial score (nSPS) is 12.9. The predicted molar refractivity (Wildman–Crippen MR) is 486 cm³/mol. The SMILES string of the molecule is CCCOc1c2cc(-c3ccc(-c4ccc(-c5ccccc5)cc4)cc3)cc1Cc1cc(-c3ccc(-c4ccc(-c5ccccc5)cc4)cc3)cc3c1OCCOCCOCCOc1c(cc(-c4ccc(-c5ccc(-c6ccccc6)cc5)cc4)cc1Cc1cc(-c4ccc(-c5ccc(-c6ccccc6)cc5)cc4)cc(c1OCCC)C3)C2. The van der Waals surface area contributed by atoms with Crippen molar-refractivity contribution in [2.45, 2.75) is 52.4 Å². The maximum absolute atomic E-state index is 7.43. The summed E-state index contributed by atoms with van der Waals surface area (Å²) in [7, 11) is 0. The van der Waals surface area contributed by atoms with Gasteiger partial charge >= 0.3 is 0 Å².